The van der Waals surface area contributed by atoms with Crippen LogP contribution >= 0.6 is 23.2 Å². The van der Waals surface area contributed by atoms with Gasteiger partial charge in [-0.2, -0.15) is 0 Å². The Hall–Kier alpha value is -1.89. The smallest absolute Gasteiger partial charge is 0.250 e. The summed E-state index contributed by atoms with van der Waals surface area (Å²) in [6.07, 6.45) is 2.73. The Morgan fingerprint density at radius 1 is 1.08 bits per heavy atom. The molecule has 1 saturated heterocycles. The van der Waals surface area contributed by atoms with E-state index in [9.17, 15) is 15.0 Å². The lowest BCUT2D eigenvalue weighted by Crippen LogP contribution is -2.54. The maximum atomic E-state index is 14.3. The summed E-state index contributed by atoms with van der Waals surface area (Å²) in [5.41, 5.74) is 3.40. The van der Waals surface area contributed by atoms with E-state index >= 15 is 0 Å². The molecule has 2 aromatic rings. The van der Waals surface area contributed by atoms with Gasteiger partial charge in [-0.05, 0) is 68.0 Å². The Morgan fingerprint density at radius 2 is 1.83 bits per heavy atom. The number of hydrogen-bond acceptors (Lipinski definition) is 4. The lowest BCUT2D eigenvalue weighted by atomic mass is 9.74. The molecule has 7 heteroatoms. The zero-order valence-corrected chi connectivity index (χ0v) is 22.4. The zero-order valence-electron chi connectivity index (χ0n) is 20.9. The van der Waals surface area contributed by atoms with Crippen LogP contribution in [0.15, 0.2) is 59.7 Å². The zero-order chi connectivity index (χ0) is 25.8. The summed E-state index contributed by atoms with van der Waals surface area (Å²) in [4.78, 5) is 16.3. The molecular formula is C29H35Cl2NO4. The molecule has 0 aliphatic carbocycles. The molecule has 0 aromatic heterocycles. The number of amides is 1. The average molecular weight is 533 g/mol. The van der Waals surface area contributed by atoms with Gasteiger partial charge in [-0.1, -0.05) is 60.0 Å². The number of carbonyl (C=O) groups is 1. The molecule has 0 spiro atoms. The predicted octanol–water partition coefficient (Wildman–Crippen LogP) is 6.07. The minimum absolute atomic E-state index is 0.0649. The second-order valence-electron chi connectivity index (χ2n) is 9.82. The van der Waals surface area contributed by atoms with Gasteiger partial charge in [0.1, 0.15) is 0 Å². The molecule has 0 saturated carbocycles. The molecule has 2 aromatic carbocycles. The quantitative estimate of drug-likeness (QED) is 0.433. The van der Waals surface area contributed by atoms with E-state index < -0.39 is 12.7 Å². The Bertz CT molecular complexity index is 1080. The van der Waals surface area contributed by atoms with Crippen LogP contribution in [-0.2, 0) is 9.53 Å². The van der Waals surface area contributed by atoms with Crippen LogP contribution in [-0.4, -0.2) is 52.5 Å². The van der Waals surface area contributed by atoms with Gasteiger partial charge in [-0.25, -0.2) is 0 Å². The number of carbonyl (C=O) groups excluding carboxylic acids is 1. The third kappa shape index (κ3) is 5.66. The monoisotopic (exact) mass is 531 g/mol. The third-order valence-corrected chi connectivity index (χ3v) is 8.03. The van der Waals surface area contributed by atoms with Crippen molar-refractivity contribution in [3.8, 4) is 0 Å². The first-order valence-electron chi connectivity index (χ1n) is 12.8. The largest absolute Gasteiger partial charge is 0.394 e. The van der Waals surface area contributed by atoms with E-state index in [0.29, 0.717) is 22.2 Å². The standard InChI is InChI=1S/C29H35Cl2NO4/c1-3-25(26-9-4-5-14-36-26)32-28(19-10-12-21(30)13-11-19)27(20-7-6-8-22(31)15-20)18(2)24(29(32)35)16-23(34)17-33/h6-8,10-13,15,23,25-28,33-34H,3-5,9,14,16-17H2,1-2H3/t23?,25-,26?,27+,28+/m0/s1. The second-order valence-corrected chi connectivity index (χ2v) is 10.7. The van der Waals surface area contributed by atoms with Crippen LogP contribution in [0.1, 0.15) is 69.0 Å². The van der Waals surface area contributed by atoms with Crippen molar-refractivity contribution in [1.29, 1.82) is 0 Å². The minimum Gasteiger partial charge on any atom is -0.394 e. The first-order chi connectivity index (χ1) is 17.3. The van der Waals surface area contributed by atoms with E-state index in [4.69, 9.17) is 27.9 Å². The fourth-order valence-electron chi connectivity index (χ4n) is 5.79. The maximum absolute atomic E-state index is 14.3. The molecule has 2 aliphatic heterocycles. The molecule has 0 radical (unpaired) electrons. The van der Waals surface area contributed by atoms with E-state index in [1.54, 1.807) is 0 Å². The van der Waals surface area contributed by atoms with E-state index in [1.807, 2.05) is 60.4 Å². The van der Waals surface area contributed by atoms with Crippen molar-refractivity contribution in [2.24, 2.45) is 0 Å². The molecule has 36 heavy (non-hydrogen) atoms. The number of benzene rings is 2. The average Bonchev–Trinajstić information content (AvgIpc) is 2.89. The summed E-state index contributed by atoms with van der Waals surface area (Å²) >= 11 is 12.7. The number of aliphatic hydroxyl groups excluding tert-OH is 2. The summed E-state index contributed by atoms with van der Waals surface area (Å²) in [6.45, 7) is 4.34. The van der Waals surface area contributed by atoms with Crippen LogP contribution in [0.2, 0.25) is 10.0 Å². The Kier molecular flexibility index (Phi) is 9.13. The molecule has 2 aliphatic rings. The summed E-state index contributed by atoms with van der Waals surface area (Å²) in [7, 11) is 0. The third-order valence-electron chi connectivity index (χ3n) is 7.54. The normalized spacial score (nSPS) is 24.7. The van der Waals surface area contributed by atoms with Crippen LogP contribution in [0, 0.1) is 0 Å². The van der Waals surface area contributed by atoms with Gasteiger partial charge >= 0.3 is 0 Å². The van der Waals surface area contributed by atoms with Crippen molar-refractivity contribution in [2.45, 2.75) is 76.2 Å². The number of aliphatic hydroxyl groups is 2. The Balaban J connectivity index is 1.93. The topological polar surface area (TPSA) is 70.0 Å². The Labute approximate surface area is 223 Å². The molecular weight excluding hydrogens is 497 g/mol. The van der Waals surface area contributed by atoms with Crippen LogP contribution in [0.25, 0.3) is 0 Å². The number of nitrogens with zero attached hydrogens (tertiary/aromatic N) is 1. The summed E-state index contributed by atoms with van der Waals surface area (Å²) in [6, 6.07) is 15.0. The maximum Gasteiger partial charge on any atom is 0.250 e. The van der Waals surface area contributed by atoms with Crippen LogP contribution in [0.5, 0.6) is 0 Å². The highest BCUT2D eigenvalue weighted by molar-refractivity contribution is 6.30. The van der Waals surface area contributed by atoms with Crippen LogP contribution in [0.4, 0.5) is 0 Å². The molecule has 5 nitrogen and oxygen atoms in total. The van der Waals surface area contributed by atoms with Crippen LogP contribution in [0.3, 0.4) is 0 Å². The van der Waals surface area contributed by atoms with Crippen molar-refractivity contribution in [2.75, 3.05) is 13.2 Å². The summed E-state index contributed by atoms with van der Waals surface area (Å²) in [5.74, 6) is -0.305. The van der Waals surface area contributed by atoms with Crippen molar-refractivity contribution >= 4 is 29.1 Å². The van der Waals surface area contributed by atoms with Gasteiger partial charge in [0.25, 0.3) is 5.91 Å². The van der Waals surface area contributed by atoms with Crippen molar-refractivity contribution < 1.29 is 19.7 Å². The molecule has 2 unspecified atom stereocenters. The van der Waals surface area contributed by atoms with E-state index in [-0.39, 0.29) is 36.4 Å². The highest BCUT2D eigenvalue weighted by Gasteiger charge is 2.46. The molecule has 194 valence electrons. The van der Waals surface area contributed by atoms with Gasteiger partial charge in [0.05, 0.1) is 30.9 Å². The van der Waals surface area contributed by atoms with Crippen molar-refractivity contribution in [1.82, 2.24) is 4.90 Å². The van der Waals surface area contributed by atoms with Crippen LogP contribution < -0.4 is 0 Å². The Morgan fingerprint density at radius 3 is 2.44 bits per heavy atom. The first-order valence-corrected chi connectivity index (χ1v) is 13.5. The number of halogens is 2. The van der Waals surface area contributed by atoms with Crippen molar-refractivity contribution in [3.05, 3.63) is 80.8 Å². The summed E-state index contributed by atoms with van der Waals surface area (Å²) in [5, 5.41) is 21.2. The van der Waals surface area contributed by atoms with Gasteiger partial charge in [0.2, 0.25) is 0 Å². The van der Waals surface area contributed by atoms with E-state index in [2.05, 4.69) is 6.92 Å². The number of hydrogen-bond donors (Lipinski definition) is 2. The van der Waals surface area contributed by atoms with Gasteiger partial charge in [0, 0.05) is 34.6 Å². The minimum atomic E-state index is -1.01. The highest BCUT2D eigenvalue weighted by Crippen LogP contribution is 2.49. The molecule has 2 heterocycles. The lowest BCUT2D eigenvalue weighted by molar-refractivity contribution is -0.141. The van der Waals surface area contributed by atoms with Gasteiger partial charge in [-0.3, -0.25) is 4.79 Å². The number of ether oxygens (including phenoxy) is 1. The van der Waals surface area contributed by atoms with Gasteiger partial charge < -0.3 is 19.8 Å². The lowest BCUT2D eigenvalue weighted by Gasteiger charge is -2.49. The summed E-state index contributed by atoms with van der Waals surface area (Å²) < 4.78 is 6.22. The van der Waals surface area contributed by atoms with Gasteiger partial charge in [0.15, 0.2) is 0 Å². The fourth-order valence-corrected chi connectivity index (χ4v) is 6.12. The van der Waals surface area contributed by atoms with E-state index in [1.165, 1.54) is 0 Å². The molecule has 5 atom stereocenters. The van der Waals surface area contributed by atoms with E-state index in [0.717, 1.165) is 42.4 Å². The molecule has 4 rings (SSSR count). The highest BCUT2D eigenvalue weighted by atomic mass is 35.5. The second kappa shape index (κ2) is 12.1. The molecule has 2 N–H and O–H groups in total. The fraction of sp³-hybridized carbons (Fsp3) is 0.483. The predicted molar refractivity (Wildman–Crippen MR) is 143 cm³/mol. The SMILES string of the molecule is CC[C@@H](C1CCCCO1)N1C(=O)C(CC(O)CO)=C(C)[C@H](c2cccc(Cl)c2)[C@H]1c1ccc(Cl)cc1. The molecule has 1 fully saturated rings. The number of rotatable bonds is 8. The first kappa shape index (κ1) is 27.2. The van der Waals surface area contributed by atoms with Gasteiger partial charge in [-0.15, -0.1) is 0 Å². The molecule has 0 bridgehead atoms. The van der Waals surface area contributed by atoms with Crippen molar-refractivity contribution in [3.63, 3.8) is 0 Å². The molecule has 1 amide bonds.